The third-order valence-electron chi connectivity index (χ3n) is 5.67. The molecule has 0 radical (unpaired) electrons. The number of amides is 1. The number of carbonyl (C=O) groups excluding carboxylic acids is 1. The lowest BCUT2D eigenvalue weighted by Gasteiger charge is -2.34. The predicted octanol–water partition coefficient (Wildman–Crippen LogP) is 4.05. The molecule has 0 spiro atoms. The van der Waals surface area contributed by atoms with E-state index in [0.717, 1.165) is 34.9 Å². The van der Waals surface area contributed by atoms with E-state index in [0.29, 0.717) is 18.0 Å². The summed E-state index contributed by atoms with van der Waals surface area (Å²) in [5.41, 5.74) is 3.62. The lowest BCUT2D eigenvalue weighted by molar-refractivity contribution is 0.0895. The lowest BCUT2D eigenvalue weighted by atomic mass is 9.84. The van der Waals surface area contributed by atoms with Crippen molar-refractivity contribution in [2.75, 3.05) is 20.6 Å². The first-order valence-corrected chi connectivity index (χ1v) is 10.5. The summed E-state index contributed by atoms with van der Waals surface area (Å²) in [7, 11) is 4.20. The highest BCUT2D eigenvalue weighted by Gasteiger charge is 2.27. The first kappa shape index (κ1) is 20.9. The summed E-state index contributed by atoms with van der Waals surface area (Å²) in [5, 5.41) is 8.47. The number of halogens is 1. The van der Waals surface area contributed by atoms with Crippen LogP contribution in [0.4, 0.5) is 0 Å². The topological polar surface area (TPSA) is 50.2 Å². The van der Waals surface area contributed by atoms with Gasteiger partial charge in [0.15, 0.2) is 0 Å². The SMILES string of the molecule is Cc1nn(Cc2ccc(C(=O)NC3CCCCC3CN(C)C)cc2)c(C)c1Cl. The maximum absolute atomic E-state index is 12.8. The molecule has 1 aliphatic rings. The highest BCUT2D eigenvalue weighted by atomic mass is 35.5. The van der Waals surface area contributed by atoms with Crippen molar-refractivity contribution in [3.8, 4) is 0 Å². The molecule has 3 rings (SSSR count). The van der Waals surface area contributed by atoms with E-state index in [1.807, 2.05) is 42.8 Å². The summed E-state index contributed by atoms with van der Waals surface area (Å²) in [6.45, 7) is 5.55. The van der Waals surface area contributed by atoms with Crippen LogP contribution in [0.1, 0.15) is 53.0 Å². The zero-order valence-corrected chi connectivity index (χ0v) is 18.1. The molecule has 1 N–H and O–H groups in total. The third-order valence-corrected chi connectivity index (χ3v) is 6.21. The van der Waals surface area contributed by atoms with E-state index in [2.05, 4.69) is 29.4 Å². The van der Waals surface area contributed by atoms with Gasteiger partial charge in [-0.1, -0.05) is 36.6 Å². The molecule has 1 fully saturated rings. The second-order valence-electron chi connectivity index (χ2n) is 8.23. The largest absolute Gasteiger partial charge is 0.349 e. The molecule has 1 heterocycles. The molecule has 1 amide bonds. The van der Waals surface area contributed by atoms with Gasteiger partial charge in [-0.15, -0.1) is 0 Å². The molecule has 1 aromatic heterocycles. The molecule has 28 heavy (non-hydrogen) atoms. The van der Waals surface area contributed by atoms with Crippen molar-refractivity contribution in [3.05, 3.63) is 51.8 Å². The number of aryl methyl sites for hydroxylation is 1. The summed E-state index contributed by atoms with van der Waals surface area (Å²) in [4.78, 5) is 15.0. The Morgan fingerprint density at radius 3 is 2.50 bits per heavy atom. The monoisotopic (exact) mass is 402 g/mol. The van der Waals surface area contributed by atoms with Gasteiger partial charge < -0.3 is 10.2 Å². The second-order valence-corrected chi connectivity index (χ2v) is 8.60. The molecule has 0 aliphatic heterocycles. The minimum Gasteiger partial charge on any atom is -0.349 e. The minimum atomic E-state index is 0.0244. The summed E-state index contributed by atoms with van der Waals surface area (Å²) in [5.74, 6) is 0.555. The average molecular weight is 403 g/mol. The van der Waals surface area contributed by atoms with Crippen LogP contribution in [0.15, 0.2) is 24.3 Å². The molecule has 2 atom stereocenters. The van der Waals surface area contributed by atoms with E-state index in [9.17, 15) is 4.79 Å². The highest BCUT2D eigenvalue weighted by Crippen LogP contribution is 2.25. The van der Waals surface area contributed by atoms with E-state index in [4.69, 9.17) is 11.6 Å². The van der Waals surface area contributed by atoms with Gasteiger partial charge in [0, 0.05) is 18.2 Å². The smallest absolute Gasteiger partial charge is 0.251 e. The van der Waals surface area contributed by atoms with E-state index in [1.165, 1.54) is 19.3 Å². The Balaban J connectivity index is 1.63. The van der Waals surface area contributed by atoms with Crippen molar-refractivity contribution in [2.24, 2.45) is 5.92 Å². The van der Waals surface area contributed by atoms with Gasteiger partial charge in [0.1, 0.15) is 0 Å². The Hall–Kier alpha value is -1.85. The number of hydrogen-bond donors (Lipinski definition) is 1. The molecule has 0 bridgehead atoms. The summed E-state index contributed by atoms with van der Waals surface area (Å²) in [6.07, 6.45) is 4.71. The fraction of sp³-hybridized carbons (Fsp3) is 0.545. The van der Waals surface area contributed by atoms with Crippen molar-refractivity contribution in [1.82, 2.24) is 20.0 Å². The quantitative estimate of drug-likeness (QED) is 0.792. The zero-order valence-electron chi connectivity index (χ0n) is 17.3. The Morgan fingerprint density at radius 1 is 1.21 bits per heavy atom. The van der Waals surface area contributed by atoms with Crippen LogP contribution in [0.25, 0.3) is 0 Å². The van der Waals surface area contributed by atoms with Gasteiger partial charge >= 0.3 is 0 Å². The van der Waals surface area contributed by atoms with Gasteiger partial charge in [-0.2, -0.15) is 5.10 Å². The molecule has 2 unspecified atom stereocenters. The summed E-state index contributed by atoms with van der Waals surface area (Å²) in [6, 6.07) is 8.07. The Labute approximate surface area is 173 Å². The molecular weight excluding hydrogens is 372 g/mol. The first-order valence-electron chi connectivity index (χ1n) is 10.1. The number of nitrogens with zero attached hydrogens (tertiary/aromatic N) is 3. The van der Waals surface area contributed by atoms with E-state index in [1.54, 1.807) is 0 Å². The molecule has 1 aliphatic carbocycles. The summed E-state index contributed by atoms with van der Waals surface area (Å²) < 4.78 is 1.90. The molecule has 1 saturated carbocycles. The van der Waals surface area contributed by atoms with Crippen LogP contribution in [-0.4, -0.2) is 47.3 Å². The van der Waals surface area contributed by atoms with E-state index < -0.39 is 0 Å². The lowest BCUT2D eigenvalue weighted by Crippen LogP contribution is -2.45. The van der Waals surface area contributed by atoms with Gasteiger partial charge in [0.25, 0.3) is 5.91 Å². The van der Waals surface area contributed by atoms with Crippen molar-refractivity contribution in [1.29, 1.82) is 0 Å². The van der Waals surface area contributed by atoms with Crippen LogP contribution in [0.2, 0.25) is 5.02 Å². The number of benzene rings is 1. The van der Waals surface area contributed by atoms with Crippen LogP contribution in [0, 0.1) is 19.8 Å². The van der Waals surface area contributed by atoms with Gasteiger partial charge in [-0.05, 0) is 64.4 Å². The molecule has 152 valence electrons. The van der Waals surface area contributed by atoms with E-state index in [-0.39, 0.29) is 11.9 Å². The van der Waals surface area contributed by atoms with Gasteiger partial charge in [0.2, 0.25) is 0 Å². The molecule has 2 aromatic rings. The maximum Gasteiger partial charge on any atom is 0.251 e. The molecule has 5 nitrogen and oxygen atoms in total. The Bertz CT molecular complexity index is 813. The molecular formula is C22H31ClN4O. The van der Waals surface area contributed by atoms with E-state index >= 15 is 0 Å². The van der Waals surface area contributed by atoms with Crippen LogP contribution in [-0.2, 0) is 6.54 Å². The van der Waals surface area contributed by atoms with Crippen molar-refractivity contribution < 1.29 is 4.79 Å². The van der Waals surface area contributed by atoms with Crippen LogP contribution in [0.3, 0.4) is 0 Å². The zero-order chi connectivity index (χ0) is 20.3. The van der Waals surface area contributed by atoms with Gasteiger partial charge in [0.05, 0.1) is 23.0 Å². The Kier molecular flexibility index (Phi) is 6.78. The van der Waals surface area contributed by atoms with Crippen molar-refractivity contribution in [3.63, 3.8) is 0 Å². The normalized spacial score (nSPS) is 19.8. The van der Waals surface area contributed by atoms with Crippen LogP contribution >= 0.6 is 11.6 Å². The summed E-state index contributed by atoms with van der Waals surface area (Å²) >= 11 is 6.23. The maximum atomic E-state index is 12.8. The number of aromatic nitrogens is 2. The van der Waals surface area contributed by atoms with Crippen LogP contribution < -0.4 is 5.32 Å². The van der Waals surface area contributed by atoms with Gasteiger partial charge in [-0.3, -0.25) is 9.48 Å². The van der Waals surface area contributed by atoms with Crippen LogP contribution in [0.5, 0.6) is 0 Å². The average Bonchev–Trinajstić information content (AvgIpc) is 2.90. The number of carbonyl (C=O) groups is 1. The number of hydrogen-bond acceptors (Lipinski definition) is 3. The van der Waals surface area contributed by atoms with Crippen molar-refractivity contribution in [2.45, 2.75) is 52.1 Å². The minimum absolute atomic E-state index is 0.0244. The molecule has 6 heteroatoms. The fourth-order valence-electron chi connectivity index (χ4n) is 4.10. The predicted molar refractivity (Wildman–Crippen MR) is 114 cm³/mol. The fourth-order valence-corrected chi connectivity index (χ4v) is 4.24. The second kappa shape index (κ2) is 9.10. The van der Waals surface area contributed by atoms with Gasteiger partial charge in [-0.25, -0.2) is 0 Å². The molecule has 0 saturated heterocycles. The highest BCUT2D eigenvalue weighted by molar-refractivity contribution is 6.31. The number of rotatable bonds is 6. The first-order chi connectivity index (χ1) is 13.3. The molecule has 1 aromatic carbocycles. The van der Waals surface area contributed by atoms with Crippen molar-refractivity contribution >= 4 is 17.5 Å². The standard InChI is InChI=1S/C22H31ClN4O/c1-15-21(23)16(2)27(25-15)13-17-9-11-18(12-10-17)22(28)24-20-8-6-5-7-19(20)14-26(3)4/h9-12,19-20H,5-8,13-14H2,1-4H3,(H,24,28). The third kappa shape index (κ3) is 4.95. The number of nitrogens with one attached hydrogen (secondary N) is 1. The Morgan fingerprint density at radius 2 is 1.89 bits per heavy atom.